The normalized spacial score (nSPS) is 12.6. The fraction of sp³-hybridized carbons (Fsp3) is 0.129. The summed E-state index contributed by atoms with van der Waals surface area (Å²) in [5, 5.41) is 0.758. The minimum absolute atomic E-state index is 0.0715. The highest BCUT2D eigenvalue weighted by Gasteiger charge is 2.25. The summed E-state index contributed by atoms with van der Waals surface area (Å²) in [6.07, 6.45) is 3.81. The van der Waals surface area contributed by atoms with Crippen molar-refractivity contribution in [1.29, 1.82) is 0 Å². The quantitative estimate of drug-likeness (QED) is 0.0685. The Morgan fingerprint density at radius 2 is 1.39 bits per heavy atom. The first-order chi connectivity index (χ1) is 23.8. The topological polar surface area (TPSA) is 154 Å². The number of H-pyrrole nitrogens is 2. The molecule has 0 radical (unpaired) electrons. The molecule has 1 unspecified atom stereocenters. The third-order valence-electron chi connectivity index (χ3n) is 7.26. The second-order valence-electron chi connectivity index (χ2n) is 11.1. The van der Waals surface area contributed by atoms with E-state index in [0.29, 0.717) is 28.1 Å². The van der Waals surface area contributed by atoms with Gasteiger partial charge in [0, 0.05) is 51.6 Å². The highest BCUT2D eigenvalue weighted by molar-refractivity contribution is 7.93. The lowest BCUT2D eigenvalue weighted by molar-refractivity contribution is 0.539. The molecule has 10 nitrogen and oxygen atoms in total. The van der Waals surface area contributed by atoms with Crippen LogP contribution in [0.25, 0.3) is 21.8 Å². The summed E-state index contributed by atoms with van der Waals surface area (Å²) in [5.41, 5.74) is 0.265. The number of hydrogen-bond acceptors (Lipinski definition) is 6. The van der Waals surface area contributed by atoms with Gasteiger partial charge in [0.25, 0.3) is 20.0 Å². The number of nitrogens with zero attached hydrogens (tertiary/aromatic N) is 1. The Balaban J connectivity index is 0.000000198. The molecule has 0 aliphatic carbocycles. The first-order valence-electron chi connectivity index (χ1n) is 14.3. The molecule has 51 heavy (non-hydrogen) atoms. The van der Waals surface area contributed by atoms with Crippen molar-refractivity contribution < 1.29 is 38.6 Å². The Bertz CT molecular complexity index is 2580. The van der Waals surface area contributed by atoms with E-state index in [1.165, 1.54) is 36.7 Å². The standard InChI is InChI=1S/C16H14ClF2N3O2S.C15H10Cl2F2N2O3S2/c1-8(2)11-6-12(18)16(21-15(11)19)22-25(23,24)14-7-20-13-5-9(17)3-4-10(13)14;1-25(22)15-8(16)3-2-7-13(6-20-14(7)15)26(23,24)21-12-5-10(18)9(17)4-11(12)19/h3-8,20H,1-2H3,(H,21,22);2-6,20-21H,1H3. The Morgan fingerprint density at radius 1 is 0.765 bits per heavy atom. The molecule has 0 spiro atoms. The lowest BCUT2D eigenvalue weighted by Gasteiger charge is -2.11. The highest BCUT2D eigenvalue weighted by Crippen LogP contribution is 2.34. The van der Waals surface area contributed by atoms with E-state index in [-0.39, 0.29) is 42.1 Å². The fourth-order valence-electron chi connectivity index (χ4n) is 4.86. The van der Waals surface area contributed by atoms with E-state index < -0.39 is 70.8 Å². The molecule has 6 aromatic rings. The molecule has 0 saturated carbocycles. The van der Waals surface area contributed by atoms with Gasteiger partial charge in [-0.1, -0.05) is 48.7 Å². The third kappa shape index (κ3) is 7.98. The summed E-state index contributed by atoms with van der Waals surface area (Å²) < 4.78 is 122. The van der Waals surface area contributed by atoms with Crippen LogP contribution in [-0.4, -0.2) is 42.3 Å². The lowest BCUT2D eigenvalue weighted by atomic mass is 10.1. The van der Waals surface area contributed by atoms with Gasteiger partial charge in [-0.2, -0.15) is 9.37 Å². The van der Waals surface area contributed by atoms with Crippen molar-refractivity contribution >= 4 is 99.0 Å². The van der Waals surface area contributed by atoms with Crippen LogP contribution in [0.5, 0.6) is 0 Å². The second kappa shape index (κ2) is 14.6. The van der Waals surface area contributed by atoms with E-state index in [1.54, 1.807) is 19.9 Å². The van der Waals surface area contributed by atoms with Crippen molar-refractivity contribution in [3.8, 4) is 0 Å². The Hall–Kier alpha value is -3.87. The van der Waals surface area contributed by atoms with Crippen LogP contribution in [0.2, 0.25) is 15.1 Å². The maximum Gasteiger partial charge on any atom is 0.265 e. The molecule has 0 amide bonds. The van der Waals surface area contributed by atoms with E-state index >= 15 is 0 Å². The van der Waals surface area contributed by atoms with Gasteiger partial charge in [-0.15, -0.1) is 0 Å². The third-order valence-corrected chi connectivity index (χ3v) is 12.0. The molecule has 6 rings (SSSR count). The number of halogens is 7. The smallest absolute Gasteiger partial charge is 0.265 e. The van der Waals surface area contributed by atoms with Crippen LogP contribution in [0, 0.1) is 23.4 Å². The first-order valence-corrected chi connectivity index (χ1v) is 19.9. The maximum absolute atomic E-state index is 14.1. The summed E-state index contributed by atoms with van der Waals surface area (Å²) in [4.78, 5) is 8.82. The molecule has 0 bridgehead atoms. The van der Waals surface area contributed by atoms with Crippen molar-refractivity contribution in [2.75, 3.05) is 15.7 Å². The van der Waals surface area contributed by atoms with Crippen LogP contribution in [0.15, 0.2) is 75.6 Å². The molecule has 20 heteroatoms. The van der Waals surface area contributed by atoms with E-state index in [1.807, 2.05) is 9.44 Å². The minimum atomic E-state index is -4.28. The Kier molecular flexibility index (Phi) is 11.0. The zero-order chi connectivity index (χ0) is 37.6. The fourth-order valence-corrected chi connectivity index (χ4v) is 8.88. The zero-order valence-electron chi connectivity index (χ0n) is 26.2. The van der Waals surface area contributed by atoms with Crippen molar-refractivity contribution in [3.63, 3.8) is 0 Å². The number of hydrogen-bond donors (Lipinski definition) is 4. The van der Waals surface area contributed by atoms with Gasteiger partial charge < -0.3 is 9.97 Å². The molecular weight excluding hydrogens is 801 g/mol. The summed E-state index contributed by atoms with van der Waals surface area (Å²) >= 11 is 17.3. The molecule has 3 aromatic heterocycles. The van der Waals surface area contributed by atoms with Gasteiger partial charge in [0.1, 0.15) is 21.4 Å². The lowest BCUT2D eigenvalue weighted by Crippen LogP contribution is -2.16. The van der Waals surface area contributed by atoms with Crippen LogP contribution in [0.4, 0.5) is 29.1 Å². The molecule has 0 aliphatic heterocycles. The van der Waals surface area contributed by atoms with E-state index in [9.17, 15) is 38.6 Å². The Labute approximate surface area is 306 Å². The predicted octanol–water partition coefficient (Wildman–Crippen LogP) is 8.71. The van der Waals surface area contributed by atoms with Crippen LogP contribution < -0.4 is 9.44 Å². The largest absolute Gasteiger partial charge is 0.360 e. The molecule has 0 fully saturated rings. The summed E-state index contributed by atoms with van der Waals surface area (Å²) in [5.74, 6) is -4.84. The van der Waals surface area contributed by atoms with Gasteiger partial charge in [0.15, 0.2) is 11.6 Å². The van der Waals surface area contributed by atoms with E-state index in [2.05, 4.69) is 15.0 Å². The Morgan fingerprint density at radius 3 is 2.06 bits per heavy atom. The monoisotopic (exact) mass is 823 g/mol. The van der Waals surface area contributed by atoms with Gasteiger partial charge in [-0.05, 0) is 48.4 Å². The van der Waals surface area contributed by atoms with Crippen molar-refractivity contribution in [3.05, 3.63) is 105 Å². The number of nitrogens with one attached hydrogen (secondary N) is 4. The average molecular weight is 825 g/mol. The number of sulfonamides is 2. The number of benzene rings is 3. The number of rotatable bonds is 8. The number of anilines is 2. The molecule has 1 atom stereocenters. The molecule has 0 aliphatic rings. The van der Waals surface area contributed by atoms with E-state index in [0.717, 1.165) is 12.3 Å². The van der Waals surface area contributed by atoms with Crippen LogP contribution in [0.3, 0.4) is 0 Å². The maximum atomic E-state index is 14.1. The molecule has 270 valence electrons. The van der Waals surface area contributed by atoms with Gasteiger partial charge in [0.2, 0.25) is 5.95 Å². The van der Waals surface area contributed by atoms with Crippen molar-refractivity contribution in [1.82, 2.24) is 15.0 Å². The molecule has 0 saturated heterocycles. The van der Waals surface area contributed by atoms with E-state index in [4.69, 9.17) is 34.8 Å². The molecule has 3 aromatic carbocycles. The first kappa shape index (κ1) is 38.4. The summed E-state index contributed by atoms with van der Waals surface area (Å²) in [7, 11) is -9.93. The minimum Gasteiger partial charge on any atom is -0.360 e. The molecular formula is C31H24Cl3F4N5O5S3. The predicted molar refractivity (Wildman–Crippen MR) is 190 cm³/mol. The highest BCUT2D eigenvalue weighted by atomic mass is 35.5. The van der Waals surface area contributed by atoms with Gasteiger partial charge in [-0.3, -0.25) is 13.7 Å². The number of aromatic nitrogens is 3. The van der Waals surface area contributed by atoms with Gasteiger partial charge >= 0.3 is 0 Å². The zero-order valence-corrected chi connectivity index (χ0v) is 30.9. The van der Waals surface area contributed by atoms with Crippen LogP contribution >= 0.6 is 34.8 Å². The molecule has 3 heterocycles. The van der Waals surface area contributed by atoms with Crippen molar-refractivity contribution in [2.24, 2.45) is 0 Å². The second-order valence-corrected chi connectivity index (χ2v) is 16.9. The molecule has 4 N–H and O–H groups in total. The summed E-state index contributed by atoms with van der Waals surface area (Å²) in [6.45, 7) is 3.36. The summed E-state index contributed by atoms with van der Waals surface area (Å²) in [6, 6.07) is 9.72. The van der Waals surface area contributed by atoms with Crippen molar-refractivity contribution in [2.45, 2.75) is 34.5 Å². The van der Waals surface area contributed by atoms with Gasteiger partial charge in [-0.25, -0.2) is 30.0 Å². The number of fused-ring (bicyclic) bond motifs is 2. The average Bonchev–Trinajstić information content (AvgIpc) is 3.66. The number of pyridine rings is 1. The SMILES string of the molecule is CC(C)c1cc(F)c(NS(=O)(=O)c2c[nH]c3cc(Cl)ccc23)nc1F.CS(=O)c1c(Cl)ccc2c(S(=O)(=O)Nc3cc(F)c(Cl)cc3F)c[nH]c12. The van der Waals surface area contributed by atoms with Crippen LogP contribution in [0.1, 0.15) is 25.3 Å². The van der Waals surface area contributed by atoms with Crippen LogP contribution in [-0.2, 0) is 30.8 Å². The van der Waals surface area contributed by atoms with Gasteiger partial charge in [0.05, 0.1) is 36.9 Å². The number of aromatic amines is 2.